The Balaban J connectivity index is 1.37. The topological polar surface area (TPSA) is 93.7 Å². The van der Waals surface area contributed by atoms with Crippen LogP contribution in [-0.2, 0) is 21.2 Å². The van der Waals surface area contributed by atoms with Crippen molar-refractivity contribution in [2.45, 2.75) is 30.2 Å². The summed E-state index contributed by atoms with van der Waals surface area (Å²) >= 11 is 6.25. The summed E-state index contributed by atoms with van der Waals surface area (Å²) in [5.41, 5.74) is 2.78. The Bertz CT molecular complexity index is 1280. The van der Waals surface area contributed by atoms with Crippen LogP contribution >= 0.6 is 11.6 Å². The van der Waals surface area contributed by atoms with Crippen molar-refractivity contribution in [3.8, 4) is 11.5 Å². The van der Waals surface area contributed by atoms with Gasteiger partial charge in [0.1, 0.15) is 11.5 Å². The van der Waals surface area contributed by atoms with Gasteiger partial charge in [0, 0.05) is 5.69 Å². The number of carbonyl (C=O) groups is 1. The number of ether oxygens (including phenoxy) is 2. The molecular formula is C25H25ClN2O5S. The molecule has 3 aromatic rings. The SMILES string of the molecule is COc1ccc(NS(=O)(=O)c2ccc(OCC(=O)NC3CCCc4ccccc43)c(Cl)c2)cc1. The average Bonchev–Trinajstić information content (AvgIpc) is 2.84. The molecule has 0 aliphatic heterocycles. The van der Waals surface area contributed by atoms with E-state index in [0.717, 1.165) is 24.8 Å². The van der Waals surface area contributed by atoms with Crippen LogP contribution in [0, 0.1) is 0 Å². The number of carbonyl (C=O) groups excluding carboxylic acids is 1. The second kappa shape index (κ2) is 10.4. The molecular weight excluding hydrogens is 476 g/mol. The minimum absolute atomic E-state index is 0.0241. The van der Waals surface area contributed by atoms with Crippen LogP contribution in [0.3, 0.4) is 0 Å². The fraction of sp³-hybridized carbons (Fsp3) is 0.240. The Morgan fingerprint density at radius 1 is 1.09 bits per heavy atom. The van der Waals surface area contributed by atoms with Gasteiger partial charge in [-0.3, -0.25) is 9.52 Å². The number of nitrogens with one attached hydrogen (secondary N) is 2. The maximum Gasteiger partial charge on any atom is 0.261 e. The lowest BCUT2D eigenvalue weighted by molar-refractivity contribution is -0.123. The minimum Gasteiger partial charge on any atom is -0.497 e. The van der Waals surface area contributed by atoms with Crippen molar-refractivity contribution in [3.05, 3.63) is 82.9 Å². The van der Waals surface area contributed by atoms with Gasteiger partial charge in [-0.2, -0.15) is 0 Å². The molecule has 2 N–H and O–H groups in total. The Kier molecular flexibility index (Phi) is 7.29. The third kappa shape index (κ3) is 5.63. The van der Waals surface area contributed by atoms with E-state index in [-0.39, 0.29) is 34.2 Å². The number of sulfonamides is 1. The standard InChI is InChI=1S/C25H25ClN2O5S/c1-32-19-11-9-18(10-12-19)28-34(30,31)20-13-14-24(22(26)15-20)33-16-25(29)27-23-8-4-6-17-5-2-3-7-21(17)23/h2-3,5,7,9-15,23,28H,4,6,8,16H2,1H3,(H,27,29). The minimum atomic E-state index is -3.86. The Labute approximate surface area is 204 Å². The number of hydrogen-bond acceptors (Lipinski definition) is 5. The van der Waals surface area contributed by atoms with E-state index in [1.54, 1.807) is 24.3 Å². The molecule has 1 aliphatic rings. The van der Waals surface area contributed by atoms with E-state index < -0.39 is 10.0 Å². The summed E-state index contributed by atoms with van der Waals surface area (Å²) in [7, 11) is -2.33. The van der Waals surface area contributed by atoms with E-state index in [0.29, 0.717) is 11.4 Å². The molecule has 34 heavy (non-hydrogen) atoms. The van der Waals surface area contributed by atoms with Crippen molar-refractivity contribution in [1.82, 2.24) is 5.32 Å². The van der Waals surface area contributed by atoms with Crippen LogP contribution in [0.1, 0.15) is 30.0 Å². The largest absolute Gasteiger partial charge is 0.497 e. The lowest BCUT2D eigenvalue weighted by atomic mass is 9.88. The van der Waals surface area contributed by atoms with Crippen molar-refractivity contribution in [2.75, 3.05) is 18.4 Å². The molecule has 178 valence electrons. The second-order valence-electron chi connectivity index (χ2n) is 7.93. The summed E-state index contributed by atoms with van der Waals surface area (Å²) in [6.45, 7) is -0.228. The second-order valence-corrected chi connectivity index (χ2v) is 10.0. The summed E-state index contributed by atoms with van der Waals surface area (Å²) in [6.07, 6.45) is 2.89. The smallest absolute Gasteiger partial charge is 0.261 e. The fourth-order valence-corrected chi connectivity index (χ4v) is 5.31. The number of amides is 1. The molecule has 4 rings (SSSR count). The van der Waals surface area contributed by atoms with Gasteiger partial charge in [-0.05, 0) is 72.9 Å². The van der Waals surface area contributed by atoms with Gasteiger partial charge in [0.2, 0.25) is 0 Å². The van der Waals surface area contributed by atoms with Crippen molar-refractivity contribution >= 4 is 33.2 Å². The molecule has 1 atom stereocenters. The van der Waals surface area contributed by atoms with Crippen LogP contribution in [0.15, 0.2) is 71.6 Å². The van der Waals surface area contributed by atoms with Gasteiger partial charge >= 0.3 is 0 Å². The lowest BCUT2D eigenvalue weighted by Crippen LogP contribution is -2.34. The van der Waals surface area contributed by atoms with Gasteiger partial charge in [-0.1, -0.05) is 35.9 Å². The highest BCUT2D eigenvalue weighted by molar-refractivity contribution is 7.92. The average molecular weight is 501 g/mol. The number of fused-ring (bicyclic) bond motifs is 1. The first-order valence-electron chi connectivity index (χ1n) is 10.8. The molecule has 0 aromatic heterocycles. The van der Waals surface area contributed by atoms with Gasteiger partial charge in [0.15, 0.2) is 6.61 Å². The van der Waals surface area contributed by atoms with Crippen molar-refractivity contribution < 1.29 is 22.7 Å². The molecule has 0 spiro atoms. The number of halogens is 1. The number of methoxy groups -OCH3 is 1. The van der Waals surface area contributed by atoms with E-state index in [9.17, 15) is 13.2 Å². The highest BCUT2D eigenvalue weighted by Crippen LogP contribution is 2.30. The summed E-state index contributed by atoms with van der Waals surface area (Å²) < 4.78 is 38.5. The third-order valence-electron chi connectivity index (χ3n) is 5.62. The van der Waals surface area contributed by atoms with Gasteiger partial charge in [0.05, 0.1) is 23.1 Å². The highest BCUT2D eigenvalue weighted by Gasteiger charge is 2.22. The summed E-state index contributed by atoms with van der Waals surface area (Å²) in [6, 6.07) is 18.7. The first-order valence-corrected chi connectivity index (χ1v) is 12.7. The summed E-state index contributed by atoms with van der Waals surface area (Å²) in [5, 5.41) is 3.11. The predicted molar refractivity (Wildman–Crippen MR) is 131 cm³/mol. The van der Waals surface area contributed by atoms with Crippen LogP contribution in [-0.4, -0.2) is 28.0 Å². The number of anilines is 1. The maximum atomic E-state index is 12.7. The molecule has 1 aliphatic carbocycles. The molecule has 1 unspecified atom stereocenters. The van der Waals surface area contributed by atoms with Crippen LogP contribution in [0.5, 0.6) is 11.5 Å². The summed E-state index contributed by atoms with van der Waals surface area (Å²) in [4.78, 5) is 12.5. The van der Waals surface area contributed by atoms with E-state index in [4.69, 9.17) is 21.1 Å². The Hall–Kier alpha value is -3.23. The zero-order chi connectivity index (χ0) is 24.1. The number of benzene rings is 3. The molecule has 9 heteroatoms. The first-order chi connectivity index (χ1) is 16.4. The molecule has 0 heterocycles. The van der Waals surface area contributed by atoms with Crippen LogP contribution in [0.25, 0.3) is 0 Å². The summed E-state index contributed by atoms with van der Waals surface area (Å²) in [5.74, 6) is 0.573. The van der Waals surface area contributed by atoms with E-state index in [1.807, 2.05) is 18.2 Å². The molecule has 0 saturated heterocycles. The Morgan fingerprint density at radius 2 is 1.85 bits per heavy atom. The predicted octanol–water partition coefficient (Wildman–Crippen LogP) is 4.72. The fourth-order valence-electron chi connectivity index (χ4n) is 3.92. The number of aryl methyl sites for hydroxylation is 1. The quantitative estimate of drug-likeness (QED) is 0.466. The zero-order valence-corrected chi connectivity index (χ0v) is 20.2. The number of hydrogen-bond donors (Lipinski definition) is 2. The number of rotatable bonds is 8. The maximum absolute atomic E-state index is 12.7. The van der Waals surface area contributed by atoms with Gasteiger partial charge < -0.3 is 14.8 Å². The monoisotopic (exact) mass is 500 g/mol. The van der Waals surface area contributed by atoms with E-state index >= 15 is 0 Å². The van der Waals surface area contributed by atoms with Crippen LogP contribution < -0.4 is 19.5 Å². The lowest BCUT2D eigenvalue weighted by Gasteiger charge is -2.26. The molecule has 1 amide bonds. The molecule has 0 saturated carbocycles. The molecule has 7 nitrogen and oxygen atoms in total. The van der Waals surface area contributed by atoms with Crippen LogP contribution in [0.2, 0.25) is 5.02 Å². The van der Waals surface area contributed by atoms with Crippen molar-refractivity contribution in [1.29, 1.82) is 0 Å². The molecule has 0 fully saturated rings. The molecule has 3 aromatic carbocycles. The van der Waals surface area contributed by atoms with E-state index in [2.05, 4.69) is 16.1 Å². The van der Waals surface area contributed by atoms with Crippen molar-refractivity contribution in [2.24, 2.45) is 0 Å². The first kappa shape index (κ1) is 23.9. The van der Waals surface area contributed by atoms with Gasteiger partial charge in [0.25, 0.3) is 15.9 Å². The van der Waals surface area contributed by atoms with E-state index in [1.165, 1.54) is 30.9 Å². The van der Waals surface area contributed by atoms with Crippen molar-refractivity contribution in [3.63, 3.8) is 0 Å². The molecule has 0 radical (unpaired) electrons. The zero-order valence-electron chi connectivity index (χ0n) is 18.6. The normalized spacial score (nSPS) is 15.2. The molecule has 0 bridgehead atoms. The van der Waals surface area contributed by atoms with Gasteiger partial charge in [-0.25, -0.2) is 8.42 Å². The van der Waals surface area contributed by atoms with Crippen LogP contribution in [0.4, 0.5) is 5.69 Å². The highest BCUT2D eigenvalue weighted by atomic mass is 35.5. The van der Waals surface area contributed by atoms with Gasteiger partial charge in [-0.15, -0.1) is 0 Å². The third-order valence-corrected chi connectivity index (χ3v) is 7.29. The Morgan fingerprint density at radius 3 is 2.59 bits per heavy atom.